The van der Waals surface area contributed by atoms with E-state index in [0.29, 0.717) is 5.69 Å². The third kappa shape index (κ3) is 5.27. The van der Waals surface area contributed by atoms with Crippen LogP contribution in [0.1, 0.15) is 18.4 Å². The van der Waals surface area contributed by atoms with Gasteiger partial charge in [-0.1, -0.05) is 48.5 Å². The van der Waals surface area contributed by atoms with E-state index in [0.717, 1.165) is 30.7 Å². The van der Waals surface area contributed by atoms with Crippen molar-refractivity contribution in [2.24, 2.45) is 5.10 Å². The Bertz CT molecular complexity index is 1230. The van der Waals surface area contributed by atoms with E-state index in [1.807, 2.05) is 60.7 Å². The number of fused-ring (bicyclic) bond motifs is 2. The summed E-state index contributed by atoms with van der Waals surface area (Å²) in [6.07, 6.45) is 1.82. The summed E-state index contributed by atoms with van der Waals surface area (Å²) in [4.78, 5) is 24.2. The van der Waals surface area contributed by atoms with Gasteiger partial charge < -0.3 is 5.32 Å². The van der Waals surface area contributed by atoms with Crippen LogP contribution in [0.4, 0.5) is 5.69 Å². The summed E-state index contributed by atoms with van der Waals surface area (Å²) in [5, 5.41) is 11.3. The Morgan fingerprint density at radius 1 is 0.806 bits per heavy atom. The standard InChI is InChI=1S/C25H20IN3O2/c26-19-9-11-20(12-10-19)28-24(30)13-14-25(31)29-27-16-23-21-7-3-1-5-17(21)15-18-6-2-4-8-22(18)23/h1-12,15-16H,13-14H2,(H,28,30)(H,29,31)/b27-16+. The molecule has 4 rings (SSSR count). The maximum atomic E-state index is 12.2. The molecule has 2 amide bonds. The highest BCUT2D eigenvalue weighted by Gasteiger charge is 2.08. The molecular formula is C25H20IN3O2. The Hall–Kier alpha value is -3.26. The number of nitrogens with one attached hydrogen (secondary N) is 2. The smallest absolute Gasteiger partial charge is 0.240 e. The first-order chi connectivity index (χ1) is 15.1. The van der Waals surface area contributed by atoms with Crippen molar-refractivity contribution in [3.63, 3.8) is 0 Å². The molecule has 0 unspecified atom stereocenters. The number of nitrogens with zero attached hydrogens (tertiary/aromatic N) is 1. The number of benzene rings is 4. The van der Waals surface area contributed by atoms with Gasteiger partial charge in [0.15, 0.2) is 0 Å². The highest BCUT2D eigenvalue weighted by Crippen LogP contribution is 2.27. The highest BCUT2D eigenvalue weighted by atomic mass is 127. The largest absolute Gasteiger partial charge is 0.326 e. The molecule has 0 heterocycles. The molecule has 2 N–H and O–H groups in total. The molecule has 0 bridgehead atoms. The van der Waals surface area contributed by atoms with E-state index in [9.17, 15) is 9.59 Å². The van der Waals surface area contributed by atoms with E-state index in [1.54, 1.807) is 6.21 Å². The van der Waals surface area contributed by atoms with E-state index in [2.05, 4.69) is 56.6 Å². The van der Waals surface area contributed by atoms with Gasteiger partial charge in [0.05, 0.1) is 6.21 Å². The molecule has 0 aliphatic carbocycles. The molecule has 0 radical (unpaired) electrons. The van der Waals surface area contributed by atoms with Gasteiger partial charge in [-0.25, -0.2) is 5.43 Å². The molecule has 4 aromatic rings. The number of carbonyl (C=O) groups is 2. The summed E-state index contributed by atoms with van der Waals surface area (Å²) in [6, 6.07) is 25.8. The molecule has 4 aromatic carbocycles. The first kappa shape index (κ1) is 21.0. The molecule has 6 heteroatoms. The van der Waals surface area contributed by atoms with Crippen LogP contribution in [0.15, 0.2) is 84.0 Å². The summed E-state index contributed by atoms with van der Waals surface area (Å²) in [7, 11) is 0. The van der Waals surface area contributed by atoms with E-state index in [1.165, 1.54) is 0 Å². The highest BCUT2D eigenvalue weighted by molar-refractivity contribution is 14.1. The zero-order valence-electron chi connectivity index (χ0n) is 16.6. The molecule has 0 aromatic heterocycles. The van der Waals surface area contributed by atoms with Gasteiger partial charge in [-0.15, -0.1) is 0 Å². The quantitative estimate of drug-likeness (QED) is 0.153. The minimum atomic E-state index is -0.307. The normalized spacial score (nSPS) is 11.1. The van der Waals surface area contributed by atoms with Gasteiger partial charge in [-0.05, 0) is 74.5 Å². The molecule has 5 nitrogen and oxygen atoms in total. The SMILES string of the molecule is O=C(CCC(=O)Nc1ccc(I)cc1)N/N=C/c1c2ccccc2cc2ccccc12. The van der Waals surface area contributed by atoms with E-state index >= 15 is 0 Å². The Morgan fingerprint density at radius 2 is 1.39 bits per heavy atom. The molecule has 154 valence electrons. The number of anilines is 1. The van der Waals surface area contributed by atoms with Crippen LogP contribution >= 0.6 is 22.6 Å². The molecule has 0 atom stereocenters. The molecule has 0 aliphatic heterocycles. The maximum Gasteiger partial charge on any atom is 0.240 e. The third-order valence-corrected chi connectivity index (χ3v) is 5.62. The van der Waals surface area contributed by atoms with E-state index in [-0.39, 0.29) is 24.7 Å². The van der Waals surface area contributed by atoms with Crippen LogP contribution in [-0.2, 0) is 9.59 Å². The fourth-order valence-corrected chi connectivity index (χ4v) is 3.76. The lowest BCUT2D eigenvalue weighted by Gasteiger charge is -2.08. The van der Waals surface area contributed by atoms with Crippen molar-refractivity contribution in [3.05, 3.63) is 88.0 Å². The van der Waals surface area contributed by atoms with Gasteiger partial charge >= 0.3 is 0 Å². The average molecular weight is 521 g/mol. The third-order valence-electron chi connectivity index (χ3n) is 4.90. The van der Waals surface area contributed by atoms with Crippen LogP contribution in [0.2, 0.25) is 0 Å². The Morgan fingerprint density at radius 3 is 2.03 bits per heavy atom. The molecule has 0 aliphatic rings. The molecular weight excluding hydrogens is 501 g/mol. The number of carbonyl (C=O) groups excluding carboxylic acids is 2. The second kappa shape index (κ2) is 9.70. The van der Waals surface area contributed by atoms with Crippen molar-refractivity contribution in [1.82, 2.24) is 5.43 Å². The first-order valence-electron chi connectivity index (χ1n) is 9.88. The average Bonchev–Trinajstić information content (AvgIpc) is 2.79. The Kier molecular flexibility index (Phi) is 6.57. The molecule has 0 fully saturated rings. The summed E-state index contributed by atoms with van der Waals surface area (Å²) >= 11 is 2.20. The summed E-state index contributed by atoms with van der Waals surface area (Å²) in [5.41, 5.74) is 4.20. The van der Waals surface area contributed by atoms with Gasteiger partial charge in [0.1, 0.15) is 0 Å². The van der Waals surface area contributed by atoms with Crippen molar-refractivity contribution in [2.45, 2.75) is 12.8 Å². The van der Waals surface area contributed by atoms with Crippen LogP contribution in [0.3, 0.4) is 0 Å². The lowest BCUT2D eigenvalue weighted by atomic mass is 9.97. The van der Waals surface area contributed by atoms with Gasteiger partial charge in [-0.2, -0.15) is 5.10 Å². The fraction of sp³-hybridized carbons (Fsp3) is 0.0800. The second-order valence-corrected chi connectivity index (χ2v) is 8.33. The fourth-order valence-electron chi connectivity index (χ4n) is 3.40. The van der Waals surface area contributed by atoms with Crippen molar-refractivity contribution in [1.29, 1.82) is 0 Å². The lowest BCUT2D eigenvalue weighted by Crippen LogP contribution is -2.20. The number of hydrazone groups is 1. The van der Waals surface area contributed by atoms with Crippen LogP contribution in [0.25, 0.3) is 21.5 Å². The minimum Gasteiger partial charge on any atom is -0.326 e. The number of hydrogen-bond acceptors (Lipinski definition) is 3. The Labute approximate surface area is 193 Å². The van der Waals surface area contributed by atoms with Gasteiger partial charge in [-0.3, -0.25) is 9.59 Å². The van der Waals surface area contributed by atoms with Gasteiger partial charge in [0.2, 0.25) is 11.8 Å². The van der Waals surface area contributed by atoms with Gasteiger partial charge in [0.25, 0.3) is 0 Å². The van der Waals surface area contributed by atoms with Gasteiger partial charge in [0, 0.05) is 27.7 Å². The number of halogens is 1. The molecule has 0 spiro atoms. The van der Waals surface area contributed by atoms with Crippen molar-refractivity contribution >= 4 is 67.9 Å². The molecule has 0 saturated heterocycles. The van der Waals surface area contributed by atoms with Crippen molar-refractivity contribution < 1.29 is 9.59 Å². The zero-order chi connectivity index (χ0) is 21.6. The predicted octanol–water partition coefficient (Wildman–Crippen LogP) is 5.47. The minimum absolute atomic E-state index is 0.0594. The molecule has 31 heavy (non-hydrogen) atoms. The monoisotopic (exact) mass is 521 g/mol. The Balaban J connectivity index is 1.40. The lowest BCUT2D eigenvalue weighted by molar-refractivity contribution is -0.124. The van der Waals surface area contributed by atoms with E-state index in [4.69, 9.17) is 0 Å². The predicted molar refractivity (Wildman–Crippen MR) is 134 cm³/mol. The van der Waals surface area contributed by atoms with Crippen LogP contribution < -0.4 is 10.7 Å². The first-order valence-corrected chi connectivity index (χ1v) is 11.0. The van der Waals surface area contributed by atoms with Crippen LogP contribution in [-0.4, -0.2) is 18.0 Å². The summed E-state index contributed by atoms with van der Waals surface area (Å²) < 4.78 is 1.09. The zero-order valence-corrected chi connectivity index (χ0v) is 18.8. The topological polar surface area (TPSA) is 70.6 Å². The maximum absolute atomic E-state index is 12.2. The number of hydrogen-bond donors (Lipinski definition) is 2. The number of amides is 2. The number of rotatable bonds is 6. The van der Waals surface area contributed by atoms with Crippen molar-refractivity contribution in [2.75, 3.05) is 5.32 Å². The van der Waals surface area contributed by atoms with E-state index < -0.39 is 0 Å². The summed E-state index contributed by atoms with van der Waals surface area (Å²) in [5.74, 6) is -0.515. The molecule has 0 saturated carbocycles. The second-order valence-electron chi connectivity index (χ2n) is 7.08. The van der Waals surface area contributed by atoms with Crippen LogP contribution in [0.5, 0.6) is 0 Å². The van der Waals surface area contributed by atoms with Crippen LogP contribution in [0, 0.1) is 3.57 Å². The van der Waals surface area contributed by atoms with Crippen molar-refractivity contribution in [3.8, 4) is 0 Å². The summed E-state index contributed by atoms with van der Waals surface area (Å²) in [6.45, 7) is 0.